The summed E-state index contributed by atoms with van der Waals surface area (Å²) in [6.45, 7) is 1.36. The third kappa shape index (κ3) is 3.75. The van der Waals surface area contributed by atoms with Crippen LogP contribution in [0.2, 0.25) is 5.02 Å². The molecule has 0 N–H and O–H groups in total. The smallest absolute Gasteiger partial charge is 0.269 e. The van der Waals surface area contributed by atoms with E-state index in [9.17, 15) is 14.9 Å². The van der Waals surface area contributed by atoms with Crippen molar-refractivity contribution >= 4 is 29.1 Å². The lowest BCUT2D eigenvalue weighted by molar-refractivity contribution is -0.384. The minimum atomic E-state index is -0.769. The average Bonchev–Trinajstić information content (AvgIpc) is 3.05. The number of hydrazone groups is 1. The van der Waals surface area contributed by atoms with Gasteiger partial charge in [0.25, 0.3) is 5.69 Å². The first kappa shape index (κ1) is 17.7. The first-order valence-corrected chi connectivity index (χ1v) is 8.00. The van der Waals surface area contributed by atoms with Gasteiger partial charge in [0.1, 0.15) is 12.4 Å². The zero-order valence-corrected chi connectivity index (χ0v) is 14.4. The van der Waals surface area contributed by atoms with E-state index >= 15 is 0 Å². The summed E-state index contributed by atoms with van der Waals surface area (Å²) in [6.07, 6.45) is -0.769. The Morgan fingerprint density at radius 2 is 2.00 bits per heavy atom. The standard InChI is InChI=1S/C17H14ClN3O5/c1-11(22)20-16(10-25-13-8-6-12(7-9-13)21(23)24)26-17(19-20)14-4-2-3-5-15(14)18/h2-9,16H,10H2,1H3. The monoisotopic (exact) mass is 375 g/mol. The third-order valence-electron chi connectivity index (χ3n) is 3.59. The number of nitrogens with zero attached hydrogens (tertiary/aromatic N) is 3. The Balaban J connectivity index is 1.71. The molecule has 1 amide bonds. The Bertz CT molecular complexity index is 869. The van der Waals surface area contributed by atoms with Gasteiger partial charge in [-0.15, -0.1) is 5.10 Å². The number of rotatable bonds is 5. The number of nitro groups is 1. The summed E-state index contributed by atoms with van der Waals surface area (Å²) in [5.74, 6) is 0.321. The fourth-order valence-corrected chi connectivity index (χ4v) is 2.54. The molecule has 2 aromatic rings. The van der Waals surface area contributed by atoms with Crippen LogP contribution in [-0.4, -0.2) is 34.6 Å². The Hall–Kier alpha value is -3.13. The highest BCUT2D eigenvalue weighted by atomic mass is 35.5. The van der Waals surface area contributed by atoms with Crippen LogP contribution in [-0.2, 0) is 9.53 Å². The van der Waals surface area contributed by atoms with Gasteiger partial charge in [0.15, 0.2) is 0 Å². The maximum atomic E-state index is 11.8. The number of ether oxygens (including phenoxy) is 2. The number of benzene rings is 2. The molecule has 8 nitrogen and oxygen atoms in total. The second-order valence-electron chi connectivity index (χ2n) is 5.38. The van der Waals surface area contributed by atoms with Gasteiger partial charge in [0.2, 0.25) is 18.0 Å². The van der Waals surface area contributed by atoms with E-state index in [0.29, 0.717) is 16.3 Å². The molecule has 0 radical (unpaired) electrons. The van der Waals surface area contributed by atoms with Crippen LogP contribution < -0.4 is 4.74 Å². The van der Waals surface area contributed by atoms with E-state index < -0.39 is 11.2 Å². The van der Waals surface area contributed by atoms with Gasteiger partial charge in [-0.25, -0.2) is 0 Å². The maximum absolute atomic E-state index is 11.8. The van der Waals surface area contributed by atoms with Crippen LogP contribution in [0.1, 0.15) is 12.5 Å². The van der Waals surface area contributed by atoms with Crippen LogP contribution in [0, 0.1) is 10.1 Å². The van der Waals surface area contributed by atoms with Gasteiger partial charge >= 0.3 is 0 Å². The molecule has 0 fully saturated rings. The van der Waals surface area contributed by atoms with Crippen molar-refractivity contribution in [1.29, 1.82) is 0 Å². The molecule has 0 spiro atoms. The molecule has 3 rings (SSSR count). The van der Waals surface area contributed by atoms with Crippen LogP contribution in [0.4, 0.5) is 5.69 Å². The number of nitro benzene ring substituents is 1. The topological polar surface area (TPSA) is 94.3 Å². The molecule has 0 aromatic heterocycles. The van der Waals surface area contributed by atoms with Crippen molar-refractivity contribution in [3.05, 3.63) is 69.2 Å². The normalized spacial score (nSPS) is 16.0. The lowest BCUT2D eigenvalue weighted by Crippen LogP contribution is -2.36. The van der Waals surface area contributed by atoms with E-state index in [-0.39, 0.29) is 24.1 Å². The number of halogens is 1. The van der Waals surface area contributed by atoms with E-state index in [1.54, 1.807) is 24.3 Å². The van der Waals surface area contributed by atoms with Gasteiger partial charge in [0.05, 0.1) is 15.5 Å². The molecule has 1 aliphatic heterocycles. The largest absolute Gasteiger partial charge is 0.488 e. The Morgan fingerprint density at radius 3 is 2.62 bits per heavy atom. The van der Waals surface area contributed by atoms with Crippen LogP contribution in [0.5, 0.6) is 5.75 Å². The van der Waals surface area contributed by atoms with Crippen molar-refractivity contribution in [2.24, 2.45) is 5.10 Å². The van der Waals surface area contributed by atoms with Crippen LogP contribution in [0.15, 0.2) is 53.6 Å². The number of carbonyl (C=O) groups is 1. The molecule has 1 unspecified atom stereocenters. The van der Waals surface area contributed by atoms with E-state index in [1.807, 2.05) is 0 Å². The summed E-state index contributed by atoms with van der Waals surface area (Å²) >= 11 is 6.14. The molecular weight excluding hydrogens is 362 g/mol. The first-order chi connectivity index (χ1) is 12.5. The number of amides is 1. The number of hydrogen-bond donors (Lipinski definition) is 0. The summed E-state index contributed by atoms with van der Waals surface area (Å²) < 4.78 is 11.3. The minimum absolute atomic E-state index is 0.00512. The van der Waals surface area contributed by atoms with Crippen molar-refractivity contribution in [3.8, 4) is 5.75 Å². The molecule has 1 heterocycles. The maximum Gasteiger partial charge on any atom is 0.269 e. The summed E-state index contributed by atoms with van der Waals surface area (Å²) in [4.78, 5) is 22.0. The van der Waals surface area contributed by atoms with Gasteiger partial charge in [-0.1, -0.05) is 23.7 Å². The number of non-ortho nitro benzene ring substituents is 1. The molecule has 1 atom stereocenters. The molecular formula is C17H14ClN3O5. The summed E-state index contributed by atoms with van der Waals surface area (Å²) in [6, 6.07) is 12.6. The van der Waals surface area contributed by atoms with E-state index in [4.69, 9.17) is 21.1 Å². The van der Waals surface area contributed by atoms with Crippen LogP contribution in [0.25, 0.3) is 0 Å². The van der Waals surface area contributed by atoms with Gasteiger partial charge in [-0.05, 0) is 24.3 Å². The van der Waals surface area contributed by atoms with Crippen molar-refractivity contribution in [1.82, 2.24) is 5.01 Å². The van der Waals surface area contributed by atoms with Gasteiger partial charge in [-0.2, -0.15) is 5.01 Å². The molecule has 9 heteroatoms. The summed E-state index contributed by atoms with van der Waals surface area (Å²) in [7, 11) is 0. The fraction of sp³-hybridized carbons (Fsp3) is 0.176. The molecule has 0 saturated carbocycles. The van der Waals surface area contributed by atoms with Gasteiger partial charge in [-0.3, -0.25) is 14.9 Å². The lowest BCUT2D eigenvalue weighted by Gasteiger charge is -2.19. The predicted octanol–water partition coefficient (Wildman–Crippen LogP) is 3.19. The average molecular weight is 376 g/mol. The highest BCUT2D eigenvalue weighted by molar-refractivity contribution is 6.33. The highest BCUT2D eigenvalue weighted by Crippen LogP contribution is 2.24. The number of carbonyl (C=O) groups excluding carboxylic acids is 1. The Kier molecular flexibility index (Phi) is 5.04. The second kappa shape index (κ2) is 7.40. The van der Waals surface area contributed by atoms with E-state index in [0.717, 1.165) is 0 Å². The molecule has 26 heavy (non-hydrogen) atoms. The van der Waals surface area contributed by atoms with Gasteiger partial charge < -0.3 is 9.47 Å². The molecule has 0 aliphatic carbocycles. The summed E-state index contributed by atoms with van der Waals surface area (Å²) in [5.41, 5.74) is 0.530. The fourth-order valence-electron chi connectivity index (χ4n) is 2.33. The van der Waals surface area contributed by atoms with Crippen molar-refractivity contribution in [2.75, 3.05) is 6.61 Å². The molecule has 134 valence electrons. The summed E-state index contributed by atoms with van der Waals surface area (Å²) in [5, 5.41) is 16.5. The SMILES string of the molecule is CC(=O)N1N=C(c2ccccc2Cl)OC1COc1ccc([N+](=O)[O-])cc1. The molecule has 0 saturated heterocycles. The third-order valence-corrected chi connectivity index (χ3v) is 3.92. The molecule has 2 aromatic carbocycles. The lowest BCUT2D eigenvalue weighted by atomic mass is 10.2. The zero-order valence-electron chi connectivity index (χ0n) is 13.7. The van der Waals surface area contributed by atoms with Crippen molar-refractivity contribution < 1.29 is 19.2 Å². The second-order valence-corrected chi connectivity index (χ2v) is 5.79. The molecule has 0 bridgehead atoms. The van der Waals surface area contributed by atoms with Gasteiger partial charge in [0, 0.05) is 19.1 Å². The Morgan fingerprint density at radius 1 is 1.31 bits per heavy atom. The number of hydrogen-bond acceptors (Lipinski definition) is 6. The highest BCUT2D eigenvalue weighted by Gasteiger charge is 2.33. The Labute approximate surface area is 153 Å². The quantitative estimate of drug-likeness (QED) is 0.590. The van der Waals surface area contributed by atoms with Crippen molar-refractivity contribution in [2.45, 2.75) is 13.2 Å². The van der Waals surface area contributed by atoms with E-state index in [1.165, 1.54) is 36.2 Å². The molecule has 1 aliphatic rings. The van der Waals surface area contributed by atoms with Crippen molar-refractivity contribution in [3.63, 3.8) is 0 Å². The minimum Gasteiger partial charge on any atom is -0.488 e. The van der Waals surface area contributed by atoms with Crippen LogP contribution >= 0.6 is 11.6 Å². The predicted molar refractivity (Wildman–Crippen MR) is 94.0 cm³/mol. The van der Waals surface area contributed by atoms with Crippen LogP contribution in [0.3, 0.4) is 0 Å². The van der Waals surface area contributed by atoms with E-state index in [2.05, 4.69) is 5.10 Å². The zero-order chi connectivity index (χ0) is 18.7. The first-order valence-electron chi connectivity index (χ1n) is 7.63.